The number of esters is 3. The smallest absolute Gasteiger partial charge is 0.335 e. The summed E-state index contributed by atoms with van der Waals surface area (Å²) in [5, 5.41) is 31.5. The van der Waals surface area contributed by atoms with Gasteiger partial charge in [-0.25, -0.2) is 4.79 Å². The Morgan fingerprint density at radius 2 is 0.818 bits per heavy atom. The van der Waals surface area contributed by atoms with Crippen LogP contribution in [0.4, 0.5) is 0 Å². The van der Waals surface area contributed by atoms with Gasteiger partial charge in [0, 0.05) is 19.3 Å². The molecule has 1 fully saturated rings. The molecule has 3 N–H and O–H groups in total. The fourth-order valence-electron chi connectivity index (χ4n) is 9.04. The van der Waals surface area contributed by atoms with E-state index in [-0.39, 0.29) is 25.9 Å². The first kappa shape index (κ1) is 71.2. The van der Waals surface area contributed by atoms with Crippen molar-refractivity contribution in [1.82, 2.24) is 0 Å². The number of hydrogen-bond donors (Lipinski definition) is 3. The van der Waals surface area contributed by atoms with Crippen LogP contribution in [0.25, 0.3) is 0 Å². The van der Waals surface area contributed by atoms with E-state index in [1.54, 1.807) is 0 Å². The van der Waals surface area contributed by atoms with Gasteiger partial charge in [-0.15, -0.1) is 0 Å². The lowest BCUT2D eigenvalue weighted by atomic mass is 9.98. The molecule has 6 atom stereocenters. The number of carbonyl (C=O) groups excluding carboxylic acids is 3. The first-order chi connectivity index (χ1) is 37.6. The third-order valence-electron chi connectivity index (χ3n) is 13.8. The van der Waals surface area contributed by atoms with Crippen LogP contribution in [0.2, 0.25) is 0 Å². The number of unbranched alkanes of at least 4 members (excludes halogenated alkanes) is 26. The van der Waals surface area contributed by atoms with Crippen LogP contribution < -0.4 is 0 Å². The van der Waals surface area contributed by atoms with Crippen molar-refractivity contribution in [2.24, 2.45) is 0 Å². The van der Waals surface area contributed by atoms with E-state index in [0.29, 0.717) is 19.3 Å². The Labute approximate surface area is 468 Å². The van der Waals surface area contributed by atoms with Crippen molar-refractivity contribution in [1.29, 1.82) is 0 Å². The molecule has 0 saturated carbocycles. The first-order valence-corrected chi connectivity index (χ1v) is 30.9. The van der Waals surface area contributed by atoms with Crippen LogP contribution in [0.3, 0.4) is 0 Å². The molecule has 1 rings (SSSR count). The zero-order chi connectivity index (χ0) is 56.1. The quantitative estimate of drug-likeness (QED) is 0.0228. The molecule has 6 unspecified atom stereocenters. The van der Waals surface area contributed by atoms with Crippen molar-refractivity contribution < 1.29 is 58.2 Å². The lowest BCUT2D eigenvalue weighted by molar-refractivity contribution is -0.301. The Hall–Kier alpha value is -3.84. The summed E-state index contributed by atoms with van der Waals surface area (Å²) in [4.78, 5) is 51.2. The van der Waals surface area contributed by atoms with E-state index < -0.39 is 67.3 Å². The highest BCUT2D eigenvalue weighted by atomic mass is 16.7. The van der Waals surface area contributed by atoms with Crippen molar-refractivity contribution in [2.45, 2.75) is 302 Å². The van der Waals surface area contributed by atoms with Gasteiger partial charge in [0.05, 0.1) is 6.61 Å². The summed E-state index contributed by atoms with van der Waals surface area (Å²) < 4.78 is 28.4. The van der Waals surface area contributed by atoms with E-state index in [0.717, 1.165) is 122 Å². The second kappa shape index (κ2) is 52.8. The van der Waals surface area contributed by atoms with E-state index in [1.165, 1.54) is 83.5 Å². The highest BCUT2D eigenvalue weighted by molar-refractivity contribution is 5.74. The summed E-state index contributed by atoms with van der Waals surface area (Å²) >= 11 is 0. The summed E-state index contributed by atoms with van der Waals surface area (Å²) in [5.74, 6) is -3.14. The van der Waals surface area contributed by atoms with Crippen LogP contribution in [-0.4, -0.2) is 89.2 Å². The third-order valence-corrected chi connectivity index (χ3v) is 13.8. The standard InChI is InChI=1S/C65H110O12/c1-4-7-10-13-16-19-22-24-26-28-29-31-33-35-38-41-44-47-50-53-59(68)76-63-61(70)60(69)62(64(71)72)77-65(63)74-55-56(75-58(67)52-49-46-43-40-36-21-18-15-12-9-6-3)54-73-57(66)51-48-45-42-39-37-34-32-30-27-25-23-20-17-14-11-8-5-2/h7,10,16-17,19-20,24-27,29,31,56,60-63,65,69-70H,4-6,8-9,11-15,18,21-23,28,30,32-55H2,1-3H3,(H,71,72)/b10-7-,19-16-,20-17-,26-24-,27-25-,31-29-. The third kappa shape index (κ3) is 42.7. The summed E-state index contributed by atoms with van der Waals surface area (Å²) in [6, 6.07) is 0. The average Bonchev–Trinajstić information content (AvgIpc) is 3.42. The highest BCUT2D eigenvalue weighted by Crippen LogP contribution is 2.26. The van der Waals surface area contributed by atoms with Crippen molar-refractivity contribution >= 4 is 23.9 Å². The van der Waals surface area contributed by atoms with E-state index in [9.17, 15) is 34.5 Å². The molecule has 0 aromatic carbocycles. The molecule has 1 aliphatic rings. The van der Waals surface area contributed by atoms with Crippen LogP contribution in [0.15, 0.2) is 72.9 Å². The fourth-order valence-corrected chi connectivity index (χ4v) is 9.04. The number of aliphatic hydroxyl groups excluding tert-OH is 2. The molecule has 0 amide bonds. The predicted octanol–water partition coefficient (Wildman–Crippen LogP) is 16.1. The molecule has 0 aromatic rings. The maximum absolute atomic E-state index is 13.1. The second-order valence-corrected chi connectivity index (χ2v) is 21.0. The van der Waals surface area contributed by atoms with Gasteiger partial charge in [-0.1, -0.05) is 229 Å². The summed E-state index contributed by atoms with van der Waals surface area (Å²) in [7, 11) is 0. The SMILES string of the molecule is CC/C=C\C/C=C\C/C=C\C/C=C\CCCCCCCCC(=O)OC1C(OCC(COC(=O)CCCCCCCCC/C=C\C/C=C\CCCCC)OC(=O)CCCCCCCCCCCCC)OC(C(=O)O)C(O)C1O. The molecule has 12 nitrogen and oxygen atoms in total. The number of carboxylic acid groups (broad SMARTS) is 1. The Bertz CT molecular complexity index is 1620. The van der Waals surface area contributed by atoms with Crippen molar-refractivity contribution in [2.75, 3.05) is 13.2 Å². The maximum atomic E-state index is 13.1. The van der Waals surface area contributed by atoms with Gasteiger partial charge in [0.15, 0.2) is 24.6 Å². The summed E-state index contributed by atoms with van der Waals surface area (Å²) in [6.07, 6.45) is 54.3. The molecule has 1 aliphatic heterocycles. The number of hydrogen-bond acceptors (Lipinski definition) is 11. The Morgan fingerprint density at radius 1 is 0.442 bits per heavy atom. The van der Waals surface area contributed by atoms with Crippen LogP contribution >= 0.6 is 0 Å². The molecule has 77 heavy (non-hydrogen) atoms. The van der Waals surface area contributed by atoms with Gasteiger partial charge in [-0.3, -0.25) is 14.4 Å². The zero-order valence-electron chi connectivity index (χ0n) is 48.7. The molecule has 0 aromatic heterocycles. The maximum Gasteiger partial charge on any atom is 0.335 e. The summed E-state index contributed by atoms with van der Waals surface area (Å²) in [6.45, 7) is 5.85. The van der Waals surface area contributed by atoms with Gasteiger partial charge in [0.25, 0.3) is 0 Å². The van der Waals surface area contributed by atoms with Crippen LogP contribution in [-0.2, 0) is 42.9 Å². The first-order valence-electron chi connectivity index (χ1n) is 30.9. The lowest BCUT2D eigenvalue weighted by Gasteiger charge is -2.40. The predicted molar refractivity (Wildman–Crippen MR) is 312 cm³/mol. The molecule has 0 spiro atoms. The van der Waals surface area contributed by atoms with Gasteiger partial charge >= 0.3 is 23.9 Å². The monoisotopic (exact) mass is 1080 g/mol. The second-order valence-electron chi connectivity index (χ2n) is 21.0. The minimum absolute atomic E-state index is 0.0428. The number of aliphatic carboxylic acids is 1. The number of allylic oxidation sites excluding steroid dienone is 12. The number of aliphatic hydroxyl groups is 2. The molecule has 12 heteroatoms. The minimum atomic E-state index is -1.91. The lowest BCUT2D eigenvalue weighted by Crippen LogP contribution is -2.61. The number of carbonyl (C=O) groups is 4. The molecule has 0 radical (unpaired) electrons. The molecular weight excluding hydrogens is 973 g/mol. The van der Waals surface area contributed by atoms with Gasteiger partial charge in [0.2, 0.25) is 0 Å². The van der Waals surface area contributed by atoms with Crippen molar-refractivity contribution in [3.8, 4) is 0 Å². The van der Waals surface area contributed by atoms with Crippen LogP contribution in [0.1, 0.15) is 265 Å². The number of ether oxygens (including phenoxy) is 5. The zero-order valence-corrected chi connectivity index (χ0v) is 48.7. The number of rotatable bonds is 52. The topological polar surface area (TPSA) is 175 Å². The number of carboxylic acids is 1. The van der Waals surface area contributed by atoms with E-state index in [1.807, 2.05) is 0 Å². The largest absolute Gasteiger partial charge is 0.479 e. The van der Waals surface area contributed by atoms with Crippen LogP contribution in [0.5, 0.6) is 0 Å². The van der Waals surface area contributed by atoms with E-state index in [2.05, 4.69) is 93.7 Å². The van der Waals surface area contributed by atoms with Crippen molar-refractivity contribution in [3.05, 3.63) is 72.9 Å². The molecule has 1 saturated heterocycles. The van der Waals surface area contributed by atoms with Gasteiger partial charge in [-0.05, 0) is 89.9 Å². The molecular formula is C65H110O12. The fraction of sp³-hybridized carbons (Fsp3) is 0.754. The molecule has 0 aliphatic carbocycles. The Kier molecular flexibility index (Phi) is 48.8. The van der Waals surface area contributed by atoms with Gasteiger partial charge in [-0.2, -0.15) is 0 Å². The average molecular weight is 1080 g/mol. The minimum Gasteiger partial charge on any atom is -0.479 e. The Balaban J connectivity index is 2.65. The molecule has 0 bridgehead atoms. The van der Waals surface area contributed by atoms with E-state index >= 15 is 0 Å². The van der Waals surface area contributed by atoms with Crippen LogP contribution in [0, 0.1) is 0 Å². The van der Waals surface area contributed by atoms with Gasteiger partial charge in [0.1, 0.15) is 18.8 Å². The Morgan fingerprint density at radius 3 is 1.27 bits per heavy atom. The summed E-state index contributed by atoms with van der Waals surface area (Å²) in [5.41, 5.74) is 0. The normalized spacial score (nSPS) is 18.5. The van der Waals surface area contributed by atoms with E-state index in [4.69, 9.17) is 23.7 Å². The van der Waals surface area contributed by atoms with Gasteiger partial charge < -0.3 is 39.0 Å². The molecule has 1 heterocycles. The van der Waals surface area contributed by atoms with Crippen molar-refractivity contribution in [3.63, 3.8) is 0 Å². The molecule has 442 valence electrons. The highest BCUT2D eigenvalue weighted by Gasteiger charge is 2.50.